The number of nitrogens with zero attached hydrogens (tertiary/aromatic N) is 3. The molecular weight excluding hydrogens is 174 g/mol. The molecule has 0 saturated carbocycles. The minimum Gasteiger partial charge on any atom is -0.336 e. The second-order valence-corrected chi connectivity index (χ2v) is 4.21. The molecule has 1 saturated heterocycles. The molecule has 2 rings (SSSR count). The molecule has 1 aromatic rings. The van der Waals surface area contributed by atoms with E-state index >= 15 is 0 Å². The van der Waals surface area contributed by atoms with Gasteiger partial charge in [0.25, 0.3) is 0 Å². The predicted octanol–water partition coefficient (Wildman–Crippen LogP) is 1.76. The monoisotopic (exact) mass is 193 g/mol. The summed E-state index contributed by atoms with van der Waals surface area (Å²) in [4.78, 5) is 6.65. The third-order valence-corrected chi connectivity index (χ3v) is 3.05. The summed E-state index contributed by atoms with van der Waals surface area (Å²) in [5.41, 5.74) is 0. The maximum Gasteiger partial charge on any atom is 0.0946 e. The van der Waals surface area contributed by atoms with E-state index < -0.39 is 0 Å². The lowest BCUT2D eigenvalue weighted by Gasteiger charge is -2.32. The van der Waals surface area contributed by atoms with Crippen LogP contribution in [0, 0.1) is 0 Å². The molecule has 0 amide bonds. The van der Waals surface area contributed by atoms with Crippen LogP contribution >= 0.6 is 0 Å². The van der Waals surface area contributed by atoms with E-state index in [2.05, 4.69) is 21.4 Å². The molecule has 14 heavy (non-hydrogen) atoms. The standard InChI is InChI=1S/C11H19N3/c1-11(9-13-8-5-12-10-13)14-6-3-2-4-7-14/h5,8,10-11H,2-4,6-7,9H2,1H3. The molecule has 1 atom stereocenters. The Morgan fingerprint density at radius 1 is 1.29 bits per heavy atom. The van der Waals surface area contributed by atoms with Crippen molar-refractivity contribution in [3.05, 3.63) is 18.7 Å². The molecule has 1 aromatic heterocycles. The van der Waals surface area contributed by atoms with Gasteiger partial charge < -0.3 is 4.57 Å². The summed E-state index contributed by atoms with van der Waals surface area (Å²) in [6.45, 7) is 5.93. The highest BCUT2D eigenvalue weighted by Crippen LogP contribution is 2.12. The summed E-state index contributed by atoms with van der Waals surface area (Å²) in [5, 5.41) is 0. The Hall–Kier alpha value is -0.830. The number of hydrogen-bond donors (Lipinski definition) is 0. The van der Waals surface area contributed by atoms with E-state index in [0.29, 0.717) is 6.04 Å². The molecule has 0 bridgehead atoms. The minimum absolute atomic E-state index is 0.643. The first-order chi connectivity index (χ1) is 6.86. The predicted molar refractivity (Wildman–Crippen MR) is 57.1 cm³/mol. The van der Waals surface area contributed by atoms with Crippen molar-refractivity contribution >= 4 is 0 Å². The number of piperidine rings is 1. The van der Waals surface area contributed by atoms with Crippen LogP contribution in [-0.4, -0.2) is 33.6 Å². The van der Waals surface area contributed by atoms with Crippen LogP contribution in [-0.2, 0) is 6.54 Å². The average molecular weight is 193 g/mol. The Balaban J connectivity index is 1.85. The molecule has 0 aliphatic carbocycles. The van der Waals surface area contributed by atoms with Crippen LogP contribution in [0.15, 0.2) is 18.7 Å². The summed E-state index contributed by atoms with van der Waals surface area (Å²) in [5.74, 6) is 0. The summed E-state index contributed by atoms with van der Waals surface area (Å²) in [7, 11) is 0. The zero-order chi connectivity index (χ0) is 9.80. The van der Waals surface area contributed by atoms with Gasteiger partial charge in [0.1, 0.15) is 0 Å². The summed E-state index contributed by atoms with van der Waals surface area (Å²) < 4.78 is 2.17. The number of likely N-dealkylation sites (tertiary alicyclic amines) is 1. The van der Waals surface area contributed by atoms with Gasteiger partial charge in [0.15, 0.2) is 0 Å². The average Bonchev–Trinajstić information content (AvgIpc) is 2.72. The van der Waals surface area contributed by atoms with Crippen LogP contribution in [0.5, 0.6) is 0 Å². The molecule has 0 N–H and O–H groups in total. The van der Waals surface area contributed by atoms with Crippen molar-refractivity contribution < 1.29 is 0 Å². The van der Waals surface area contributed by atoms with Gasteiger partial charge in [0, 0.05) is 25.0 Å². The minimum atomic E-state index is 0.643. The molecule has 2 heterocycles. The van der Waals surface area contributed by atoms with Crippen molar-refractivity contribution in [2.75, 3.05) is 13.1 Å². The van der Waals surface area contributed by atoms with E-state index in [-0.39, 0.29) is 0 Å². The number of rotatable bonds is 3. The van der Waals surface area contributed by atoms with E-state index in [1.54, 1.807) is 0 Å². The normalized spacial score (nSPS) is 20.9. The van der Waals surface area contributed by atoms with Crippen LogP contribution in [0.4, 0.5) is 0 Å². The Kier molecular flexibility index (Phi) is 3.19. The van der Waals surface area contributed by atoms with Crippen LogP contribution in [0.2, 0.25) is 0 Å². The lowest BCUT2D eigenvalue weighted by atomic mass is 10.1. The molecule has 3 heteroatoms. The topological polar surface area (TPSA) is 21.1 Å². The van der Waals surface area contributed by atoms with Gasteiger partial charge in [-0.2, -0.15) is 0 Å². The first-order valence-corrected chi connectivity index (χ1v) is 5.56. The van der Waals surface area contributed by atoms with Crippen molar-refractivity contribution in [1.29, 1.82) is 0 Å². The van der Waals surface area contributed by atoms with Gasteiger partial charge in [-0.15, -0.1) is 0 Å². The van der Waals surface area contributed by atoms with Gasteiger partial charge in [0.2, 0.25) is 0 Å². The SMILES string of the molecule is CC(Cn1ccnc1)N1CCCCC1. The molecule has 0 aromatic carbocycles. The van der Waals surface area contributed by atoms with Gasteiger partial charge >= 0.3 is 0 Å². The fourth-order valence-corrected chi connectivity index (χ4v) is 2.17. The lowest BCUT2D eigenvalue weighted by Crippen LogP contribution is -2.39. The van der Waals surface area contributed by atoms with Gasteiger partial charge in [-0.1, -0.05) is 6.42 Å². The van der Waals surface area contributed by atoms with E-state index in [1.165, 1.54) is 32.4 Å². The van der Waals surface area contributed by atoms with Crippen LogP contribution in [0.1, 0.15) is 26.2 Å². The fraction of sp³-hybridized carbons (Fsp3) is 0.727. The van der Waals surface area contributed by atoms with Crippen molar-refractivity contribution in [3.63, 3.8) is 0 Å². The van der Waals surface area contributed by atoms with Crippen molar-refractivity contribution in [2.45, 2.75) is 38.8 Å². The molecule has 0 spiro atoms. The maximum atomic E-state index is 4.06. The zero-order valence-electron chi connectivity index (χ0n) is 8.89. The summed E-state index contributed by atoms with van der Waals surface area (Å²) in [6, 6.07) is 0.643. The van der Waals surface area contributed by atoms with Crippen molar-refractivity contribution in [2.24, 2.45) is 0 Å². The third-order valence-electron chi connectivity index (χ3n) is 3.05. The summed E-state index contributed by atoms with van der Waals surface area (Å²) >= 11 is 0. The molecule has 1 unspecified atom stereocenters. The van der Waals surface area contributed by atoms with Gasteiger partial charge in [-0.3, -0.25) is 4.90 Å². The number of imidazole rings is 1. The maximum absolute atomic E-state index is 4.06. The molecule has 3 nitrogen and oxygen atoms in total. The Morgan fingerprint density at radius 2 is 2.07 bits per heavy atom. The highest BCUT2D eigenvalue weighted by atomic mass is 15.2. The molecule has 1 aliphatic rings. The fourth-order valence-electron chi connectivity index (χ4n) is 2.17. The Morgan fingerprint density at radius 3 is 2.71 bits per heavy atom. The van der Waals surface area contributed by atoms with E-state index in [1.807, 2.05) is 18.7 Å². The van der Waals surface area contributed by atoms with Gasteiger partial charge in [-0.25, -0.2) is 4.98 Å². The molecule has 1 fully saturated rings. The summed E-state index contributed by atoms with van der Waals surface area (Å²) in [6.07, 6.45) is 9.95. The van der Waals surface area contributed by atoms with E-state index in [4.69, 9.17) is 0 Å². The van der Waals surface area contributed by atoms with Crippen LogP contribution < -0.4 is 0 Å². The van der Waals surface area contributed by atoms with E-state index in [0.717, 1.165) is 6.54 Å². The largest absolute Gasteiger partial charge is 0.336 e. The third kappa shape index (κ3) is 2.35. The number of hydrogen-bond acceptors (Lipinski definition) is 2. The second kappa shape index (κ2) is 4.60. The molecule has 0 radical (unpaired) electrons. The highest BCUT2D eigenvalue weighted by Gasteiger charge is 2.16. The van der Waals surface area contributed by atoms with Crippen LogP contribution in [0.25, 0.3) is 0 Å². The quantitative estimate of drug-likeness (QED) is 0.729. The molecule has 1 aliphatic heterocycles. The zero-order valence-corrected chi connectivity index (χ0v) is 8.89. The second-order valence-electron chi connectivity index (χ2n) is 4.21. The van der Waals surface area contributed by atoms with Gasteiger partial charge in [-0.05, 0) is 32.9 Å². The first-order valence-electron chi connectivity index (χ1n) is 5.56. The van der Waals surface area contributed by atoms with Gasteiger partial charge in [0.05, 0.1) is 6.33 Å². The first kappa shape index (κ1) is 9.71. The highest BCUT2D eigenvalue weighted by molar-refractivity contribution is 4.78. The van der Waals surface area contributed by atoms with Crippen molar-refractivity contribution in [1.82, 2.24) is 14.5 Å². The smallest absolute Gasteiger partial charge is 0.0946 e. The van der Waals surface area contributed by atoms with Crippen molar-refractivity contribution in [3.8, 4) is 0 Å². The molecular formula is C11H19N3. The van der Waals surface area contributed by atoms with Crippen LogP contribution in [0.3, 0.4) is 0 Å². The number of aromatic nitrogens is 2. The Labute approximate surface area is 85.7 Å². The van der Waals surface area contributed by atoms with E-state index in [9.17, 15) is 0 Å². The lowest BCUT2D eigenvalue weighted by molar-refractivity contribution is 0.160. The molecule has 78 valence electrons. The Bertz CT molecular complexity index is 250.